The molecule has 1 rings (SSSR count). The zero-order chi connectivity index (χ0) is 16.0. The maximum absolute atomic E-state index is 11.9. The van der Waals surface area contributed by atoms with Crippen LogP contribution in [0.15, 0.2) is 11.0 Å². The molecule has 1 aromatic rings. The van der Waals surface area contributed by atoms with Gasteiger partial charge >= 0.3 is 5.97 Å². The number of ether oxygens (including phenoxy) is 1. The Morgan fingerprint density at radius 2 is 2.24 bits per heavy atom. The maximum atomic E-state index is 11.9. The van der Waals surface area contributed by atoms with E-state index in [-0.39, 0.29) is 18.1 Å². The average Bonchev–Trinajstić information content (AvgIpc) is 2.42. The van der Waals surface area contributed by atoms with Crippen molar-refractivity contribution in [2.75, 3.05) is 19.0 Å². The topological polar surface area (TPSA) is 93.5 Å². The number of carbonyl (C=O) groups excluding carboxylic acids is 1. The van der Waals surface area contributed by atoms with E-state index in [4.69, 9.17) is 11.6 Å². The summed E-state index contributed by atoms with van der Waals surface area (Å²) in [4.78, 5) is 23.1. The van der Waals surface area contributed by atoms with Crippen molar-refractivity contribution < 1.29 is 14.6 Å². The molecule has 0 aliphatic heterocycles. The molecule has 2 N–H and O–H groups in total. The molecular weight excluding hydrogens is 298 g/mol. The van der Waals surface area contributed by atoms with Crippen molar-refractivity contribution in [1.29, 1.82) is 0 Å². The zero-order valence-electron chi connectivity index (χ0n) is 12.3. The number of hydrogen-bond acceptors (Lipinski definition) is 6. The van der Waals surface area contributed by atoms with Gasteiger partial charge < -0.3 is 15.2 Å². The van der Waals surface area contributed by atoms with Crippen molar-refractivity contribution in [3.63, 3.8) is 0 Å². The van der Waals surface area contributed by atoms with Gasteiger partial charge in [-0.3, -0.25) is 9.59 Å². The van der Waals surface area contributed by atoms with Crippen LogP contribution < -0.4 is 10.9 Å². The minimum Gasteiger partial charge on any atom is -0.468 e. The summed E-state index contributed by atoms with van der Waals surface area (Å²) in [6.45, 7) is 3.98. The van der Waals surface area contributed by atoms with E-state index in [1.165, 1.54) is 13.3 Å². The second-order valence-electron chi connectivity index (χ2n) is 5.08. The van der Waals surface area contributed by atoms with Crippen LogP contribution in [-0.2, 0) is 16.1 Å². The lowest BCUT2D eigenvalue weighted by Crippen LogP contribution is -2.29. The van der Waals surface area contributed by atoms with Gasteiger partial charge in [0.2, 0.25) is 0 Å². The summed E-state index contributed by atoms with van der Waals surface area (Å²) < 4.78 is 5.39. The number of halogens is 1. The third-order valence-electron chi connectivity index (χ3n) is 2.76. The van der Waals surface area contributed by atoms with Gasteiger partial charge in [-0.15, -0.1) is 0 Å². The summed E-state index contributed by atoms with van der Waals surface area (Å²) in [6.07, 6.45) is 1.44. The van der Waals surface area contributed by atoms with E-state index in [9.17, 15) is 14.7 Å². The van der Waals surface area contributed by atoms with E-state index in [0.29, 0.717) is 18.0 Å². The van der Waals surface area contributed by atoms with Crippen molar-refractivity contribution in [3.05, 3.63) is 21.6 Å². The van der Waals surface area contributed by atoms with Crippen LogP contribution in [0.1, 0.15) is 20.3 Å². The number of rotatable bonds is 7. The van der Waals surface area contributed by atoms with E-state index in [1.807, 2.05) is 13.8 Å². The Balaban J connectivity index is 2.76. The lowest BCUT2D eigenvalue weighted by atomic mass is 10.1. The minimum atomic E-state index is -0.592. The van der Waals surface area contributed by atoms with Crippen molar-refractivity contribution >= 4 is 23.3 Å². The Morgan fingerprint density at radius 3 is 2.81 bits per heavy atom. The fraction of sp³-hybridized carbons (Fsp3) is 0.615. The first-order valence-corrected chi connectivity index (χ1v) is 6.97. The molecular formula is C13H20ClN3O4. The number of aliphatic hydroxyl groups is 1. The summed E-state index contributed by atoms with van der Waals surface area (Å²) in [5.74, 6) is -0.225. The Labute approximate surface area is 127 Å². The lowest BCUT2D eigenvalue weighted by molar-refractivity contribution is -0.141. The summed E-state index contributed by atoms with van der Waals surface area (Å²) in [5.41, 5.74) is -0.268. The molecule has 0 fully saturated rings. The molecule has 0 aromatic carbocycles. The highest BCUT2D eigenvalue weighted by molar-refractivity contribution is 6.32. The normalized spacial score (nSPS) is 12.3. The van der Waals surface area contributed by atoms with Crippen LogP contribution in [0.25, 0.3) is 0 Å². The number of nitrogens with one attached hydrogen (secondary N) is 1. The monoisotopic (exact) mass is 317 g/mol. The van der Waals surface area contributed by atoms with Crippen molar-refractivity contribution in [2.24, 2.45) is 5.92 Å². The molecule has 0 saturated carbocycles. The number of aliphatic hydroxyl groups excluding tert-OH is 1. The number of hydrogen-bond donors (Lipinski definition) is 2. The van der Waals surface area contributed by atoms with E-state index >= 15 is 0 Å². The summed E-state index contributed by atoms with van der Waals surface area (Å²) >= 11 is 5.94. The molecule has 0 radical (unpaired) electrons. The highest BCUT2D eigenvalue weighted by Crippen LogP contribution is 2.15. The number of anilines is 1. The number of nitrogens with zero attached hydrogens (tertiary/aromatic N) is 2. The second-order valence-corrected chi connectivity index (χ2v) is 5.45. The first-order chi connectivity index (χ1) is 9.85. The number of carbonyl (C=O) groups is 1. The second kappa shape index (κ2) is 7.99. The summed E-state index contributed by atoms with van der Waals surface area (Å²) in [6, 6.07) is 0. The molecule has 1 atom stereocenters. The molecule has 0 bridgehead atoms. The number of aromatic nitrogens is 2. The predicted molar refractivity (Wildman–Crippen MR) is 79.5 cm³/mol. The van der Waals surface area contributed by atoms with Gasteiger partial charge in [-0.2, -0.15) is 5.10 Å². The predicted octanol–water partition coefficient (Wildman–Crippen LogP) is 0.889. The van der Waals surface area contributed by atoms with Gasteiger partial charge in [-0.25, -0.2) is 4.68 Å². The lowest BCUT2D eigenvalue weighted by Gasteiger charge is -2.15. The SMILES string of the molecule is COC(=O)Cn1ncc(NCC(O)CC(C)C)c(Cl)c1=O. The molecule has 118 valence electrons. The molecule has 7 nitrogen and oxygen atoms in total. The van der Waals surface area contributed by atoms with Gasteiger partial charge in [-0.1, -0.05) is 25.4 Å². The van der Waals surface area contributed by atoms with Crippen LogP contribution in [-0.4, -0.2) is 40.6 Å². The van der Waals surface area contributed by atoms with Crippen LogP contribution in [0.2, 0.25) is 5.02 Å². The molecule has 1 unspecified atom stereocenters. The number of methoxy groups -OCH3 is 1. The Kier molecular flexibility index (Phi) is 6.64. The zero-order valence-corrected chi connectivity index (χ0v) is 13.1. The van der Waals surface area contributed by atoms with Crippen molar-refractivity contribution in [2.45, 2.75) is 32.9 Å². The quantitative estimate of drug-likeness (QED) is 0.725. The van der Waals surface area contributed by atoms with Gasteiger partial charge in [0.1, 0.15) is 11.6 Å². The standard InChI is InChI=1S/C13H20ClN3O4/c1-8(2)4-9(18)5-15-10-6-16-17(7-11(19)21-3)13(20)12(10)14/h6,8-9,15,18H,4-5,7H2,1-3H3. The number of esters is 1. The van der Waals surface area contributed by atoms with Gasteiger partial charge in [0.15, 0.2) is 0 Å². The first kappa shape index (κ1) is 17.5. The molecule has 1 heterocycles. The highest BCUT2D eigenvalue weighted by Gasteiger charge is 2.13. The van der Waals surface area contributed by atoms with Crippen molar-refractivity contribution in [1.82, 2.24) is 9.78 Å². The smallest absolute Gasteiger partial charge is 0.327 e. The van der Waals surface area contributed by atoms with E-state index in [0.717, 1.165) is 4.68 Å². The van der Waals surface area contributed by atoms with Gasteiger partial charge in [0.25, 0.3) is 5.56 Å². The molecule has 0 aliphatic rings. The fourth-order valence-electron chi connectivity index (χ4n) is 1.74. The minimum absolute atomic E-state index is 0.0781. The van der Waals surface area contributed by atoms with E-state index < -0.39 is 17.6 Å². The van der Waals surface area contributed by atoms with Gasteiger partial charge in [0.05, 0.1) is 25.1 Å². The summed E-state index contributed by atoms with van der Waals surface area (Å²) in [5, 5.41) is 16.4. The molecule has 8 heteroatoms. The molecule has 21 heavy (non-hydrogen) atoms. The van der Waals surface area contributed by atoms with Crippen LogP contribution >= 0.6 is 11.6 Å². The summed E-state index contributed by atoms with van der Waals surface area (Å²) in [7, 11) is 1.22. The Hall–Kier alpha value is -1.60. The molecule has 1 aromatic heterocycles. The largest absolute Gasteiger partial charge is 0.468 e. The van der Waals surface area contributed by atoms with Crippen molar-refractivity contribution in [3.8, 4) is 0 Å². The Bertz CT molecular complexity index is 545. The molecule has 0 amide bonds. The van der Waals surface area contributed by atoms with E-state index in [1.54, 1.807) is 0 Å². The third-order valence-corrected chi connectivity index (χ3v) is 3.13. The van der Waals surface area contributed by atoms with Crippen LogP contribution in [0, 0.1) is 5.92 Å². The Morgan fingerprint density at radius 1 is 1.57 bits per heavy atom. The fourth-order valence-corrected chi connectivity index (χ4v) is 1.96. The van der Waals surface area contributed by atoms with Gasteiger partial charge in [0, 0.05) is 6.54 Å². The maximum Gasteiger partial charge on any atom is 0.327 e. The highest BCUT2D eigenvalue weighted by atomic mass is 35.5. The van der Waals surface area contributed by atoms with Gasteiger partial charge in [-0.05, 0) is 12.3 Å². The van der Waals surface area contributed by atoms with E-state index in [2.05, 4.69) is 15.2 Å². The average molecular weight is 318 g/mol. The first-order valence-electron chi connectivity index (χ1n) is 6.59. The van der Waals surface area contributed by atoms with Crippen LogP contribution in [0.5, 0.6) is 0 Å². The molecule has 0 spiro atoms. The van der Waals surface area contributed by atoms with Crippen LogP contribution in [0.3, 0.4) is 0 Å². The third kappa shape index (κ3) is 5.35. The van der Waals surface area contributed by atoms with Crippen LogP contribution in [0.4, 0.5) is 5.69 Å². The molecule has 0 saturated heterocycles. The molecule has 0 aliphatic carbocycles.